The smallest absolute Gasteiger partial charge is 0.337 e. The SMILES string of the molecule is COC(=O)c1ccc(OCC2CC(=O)N(c3ccc(F)cc3)C2)cc1. The van der Waals surface area contributed by atoms with Crippen LogP contribution >= 0.6 is 0 Å². The normalized spacial score (nSPS) is 16.8. The van der Waals surface area contributed by atoms with Gasteiger partial charge in [0.25, 0.3) is 0 Å². The molecule has 2 aromatic rings. The number of ether oxygens (including phenoxy) is 2. The van der Waals surface area contributed by atoms with E-state index >= 15 is 0 Å². The zero-order chi connectivity index (χ0) is 17.8. The maximum absolute atomic E-state index is 13.0. The molecule has 5 nitrogen and oxygen atoms in total. The van der Waals surface area contributed by atoms with Crippen molar-refractivity contribution in [2.75, 3.05) is 25.2 Å². The quantitative estimate of drug-likeness (QED) is 0.783. The maximum atomic E-state index is 13.0. The number of carbonyl (C=O) groups is 2. The van der Waals surface area contributed by atoms with Crippen LogP contribution in [0.5, 0.6) is 5.75 Å². The summed E-state index contributed by atoms with van der Waals surface area (Å²) in [4.78, 5) is 25.2. The van der Waals surface area contributed by atoms with Gasteiger partial charge in [0.05, 0.1) is 19.3 Å². The largest absolute Gasteiger partial charge is 0.493 e. The molecule has 2 aromatic carbocycles. The van der Waals surface area contributed by atoms with Crippen LogP contribution in [0.2, 0.25) is 0 Å². The lowest BCUT2D eigenvalue weighted by Gasteiger charge is -2.17. The first-order valence-electron chi connectivity index (χ1n) is 7.94. The summed E-state index contributed by atoms with van der Waals surface area (Å²) in [6.07, 6.45) is 0.387. The van der Waals surface area contributed by atoms with Crippen molar-refractivity contribution in [3.8, 4) is 5.75 Å². The highest BCUT2D eigenvalue weighted by Crippen LogP contribution is 2.26. The third-order valence-corrected chi connectivity index (χ3v) is 4.10. The van der Waals surface area contributed by atoms with Gasteiger partial charge in [0.1, 0.15) is 11.6 Å². The molecule has 130 valence electrons. The van der Waals surface area contributed by atoms with Gasteiger partial charge in [-0.3, -0.25) is 4.79 Å². The first kappa shape index (κ1) is 17.0. The fourth-order valence-corrected chi connectivity index (χ4v) is 2.78. The van der Waals surface area contributed by atoms with Crippen molar-refractivity contribution in [1.82, 2.24) is 0 Å². The van der Waals surface area contributed by atoms with Crippen molar-refractivity contribution < 1.29 is 23.5 Å². The summed E-state index contributed by atoms with van der Waals surface area (Å²) in [5, 5.41) is 0. The number of esters is 1. The molecule has 0 aliphatic carbocycles. The van der Waals surface area contributed by atoms with Gasteiger partial charge >= 0.3 is 5.97 Å². The summed E-state index contributed by atoms with van der Waals surface area (Å²) in [6, 6.07) is 12.5. The highest BCUT2D eigenvalue weighted by Gasteiger charge is 2.31. The van der Waals surface area contributed by atoms with Crippen molar-refractivity contribution in [2.45, 2.75) is 6.42 Å². The van der Waals surface area contributed by atoms with E-state index in [2.05, 4.69) is 4.74 Å². The van der Waals surface area contributed by atoms with E-state index in [4.69, 9.17) is 4.74 Å². The zero-order valence-electron chi connectivity index (χ0n) is 13.8. The number of hydrogen-bond acceptors (Lipinski definition) is 4. The Bertz CT molecular complexity index is 758. The van der Waals surface area contributed by atoms with Crippen LogP contribution in [0.3, 0.4) is 0 Å². The summed E-state index contributed by atoms with van der Waals surface area (Å²) in [6.45, 7) is 0.922. The van der Waals surface area contributed by atoms with Crippen LogP contribution in [0.4, 0.5) is 10.1 Å². The van der Waals surface area contributed by atoms with Gasteiger partial charge in [-0.05, 0) is 48.5 Å². The minimum atomic E-state index is -0.400. The van der Waals surface area contributed by atoms with Gasteiger partial charge in [-0.2, -0.15) is 0 Å². The molecule has 3 rings (SSSR count). The summed E-state index contributed by atoms with van der Waals surface area (Å²) >= 11 is 0. The van der Waals surface area contributed by atoms with E-state index in [1.54, 1.807) is 41.3 Å². The number of methoxy groups -OCH3 is 1. The minimum absolute atomic E-state index is 0.00115. The Morgan fingerprint density at radius 2 is 1.84 bits per heavy atom. The molecule has 1 saturated heterocycles. The molecular weight excluding hydrogens is 325 g/mol. The third-order valence-electron chi connectivity index (χ3n) is 4.10. The summed E-state index contributed by atoms with van der Waals surface area (Å²) in [5.74, 6) is -0.0482. The van der Waals surface area contributed by atoms with Gasteiger partial charge in [-0.1, -0.05) is 0 Å². The van der Waals surface area contributed by atoms with Crippen LogP contribution in [0.1, 0.15) is 16.8 Å². The lowest BCUT2D eigenvalue weighted by Crippen LogP contribution is -2.25. The van der Waals surface area contributed by atoms with Gasteiger partial charge in [-0.15, -0.1) is 0 Å². The first-order valence-corrected chi connectivity index (χ1v) is 7.94. The summed E-state index contributed by atoms with van der Waals surface area (Å²) < 4.78 is 23.4. The molecule has 1 amide bonds. The van der Waals surface area contributed by atoms with Crippen LogP contribution in [-0.2, 0) is 9.53 Å². The molecule has 0 bridgehead atoms. The molecule has 1 unspecified atom stereocenters. The lowest BCUT2D eigenvalue weighted by atomic mass is 10.1. The van der Waals surface area contributed by atoms with Crippen LogP contribution in [0.15, 0.2) is 48.5 Å². The van der Waals surface area contributed by atoms with Crippen LogP contribution in [0.25, 0.3) is 0 Å². The number of hydrogen-bond donors (Lipinski definition) is 0. The maximum Gasteiger partial charge on any atom is 0.337 e. The number of carbonyl (C=O) groups excluding carboxylic acids is 2. The molecule has 0 aromatic heterocycles. The Morgan fingerprint density at radius 3 is 2.48 bits per heavy atom. The Kier molecular flexibility index (Phi) is 4.97. The van der Waals surface area contributed by atoms with Crippen molar-refractivity contribution in [2.24, 2.45) is 5.92 Å². The van der Waals surface area contributed by atoms with E-state index in [0.717, 1.165) is 0 Å². The highest BCUT2D eigenvalue weighted by molar-refractivity contribution is 5.95. The molecule has 6 heteroatoms. The van der Waals surface area contributed by atoms with E-state index in [9.17, 15) is 14.0 Å². The molecule has 1 atom stereocenters. The van der Waals surface area contributed by atoms with E-state index in [1.165, 1.54) is 19.2 Å². The minimum Gasteiger partial charge on any atom is -0.493 e. The number of nitrogens with zero attached hydrogens (tertiary/aromatic N) is 1. The third kappa shape index (κ3) is 3.96. The summed E-state index contributed by atoms with van der Waals surface area (Å²) in [7, 11) is 1.33. The average Bonchev–Trinajstić information content (AvgIpc) is 3.01. The second-order valence-corrected chi connectivity index (χ2v) is 5.88. The molecule has 0 spiro atoms. The topological polar surface area (TPSA) is 55.8 Å². The molecule has 0 radical (unpaired) electrons. The van der Waals surface area contributed by atoms with E-state index < -0.39 is 5.97 Å². The van der Waals surface area contributed by atoms with Gasteiger partial charge in [0.15, 0.2) is 0 Å². The molecule has 1 aliphatic heterocycles. The van der Waals surface area contributed by atoms with Gasteiger partial charge in [0.2, 0.25) is 5.91 Å². The predicted molar refractivity (Wildman–Crippen MR) is 90.1 cm³/mol. The van der Waals surface area contributed by atoms with E-state index in [0.29, 0.717) is 36.6 Å². The molecule has 0 N–H and O–H groups in total. The second kappa shape index (κ2) is 7.34. The number of rotatable bonds is 5. The molecular formula is C19H18FNO4. The standard InChI is InChI=1S/C19H18FNO4/c1-24-19(23)14-2-8-17(9-3-14)25-12-13-10-18(22)21(11-13)16-6-4-15(20)5-7-16/h2-9,13H,10-12H2,1H3. The number of benzene rings is 2. The van der Waals surface area contributed by atoms with Gasteiger partial charge in [0, 0.05) is 24.6 Å². The number of amides is 1. The molecule has 1 heterocycles. The van der Waals surface area contributed by atoms with Crippen molar-refractivity contribution in [3.05, 3.63) is 59.9 Å². The van der Waals surface area contributed by atoms with Gasteiger partial charge < -0.3 is 14.4 Å². The van der Waals surface area contributed by atoms with Crippen molar-refractivity contribution in [3.63, 3.8) is 0 Å². The molecule has 1 aliphatic rings. The second-order valence-electron chi connectivity index (χ2n) is 5.88. The van der Waals surface area contributed by atoms with Crippen molar-refractivity contribution >= 4 is 17.6 Å². The fourth-order valence-electron chi connectivity index (χ4n) is 2.78. The first-order chi connectivity index (χ1) is 12.1. The highest BCUT2D eigenvalue weighted by atomic mass is 19.1. The Hall–Kier alpha value is -2.89. The lowest BCUT2D eigenvalue weighted by molar-refractivity contribution is -0.117. The predicted octanol–water partition coefficient (Wildman–Crippen LogP) is 3.04. The zero-order valence-corrected chi connectivity index (χ0v) is 13.8. The average molecular weight is 343 g/mol. The van der Waals surface area contributed by atoms with Crippen LogP contribution in [0, 0.1) is 11.7 Å². The Labute approximate surface area is 145 Å². The van der Waals surface area contributed by atoms with E-state index in [-0.39, 0.29) is 17.6 Å². The Morgan fingerprint density at radius 1 is 1.16 bits per heavy atom. The summed E-state index contributed by atoms with van der Waals surface area (Å²) in [5.41, 5.74) is 1.14. The Balaban J connectivity index is 1.56. The van der Waals surface area contributed by atoms with E-state index in [1.807, 2.05) is 0 Å². The van der Waals surface area contributed by atoms with Crippen LogP contribution < -0.4 is 9.64 Å². The van der Waals surface area contributed by atoms with Crippen LogP contribution in [-0.4, -0.2) is 32.1 Å². The molecule has 1 fully saturated rings. The fraction of sp³-hybridized carbons (Fsp3) is 0.263. The van der Waals surface area contributed by atoms with Gasteiger partial charge in [-0.25, -0.2) is 9.18 Å². The number of anilines is 1. The van der Waals surface area contributed by atoms with Crippen molar-refractivity contribution in [1.29, 1.82) is 0 Å². The molecule has 0 saturated carbocycles. The number of halogens is 1. The molecule has 25 heavy (non-hydrogen) atoms. The monoisotopic (exact) mass is 343 g/mol.